The predicted molar refractivity (Wildman–Crippen MR) is 71.3 cm³/mol. The van der Waals surface area contributed by atoms with Crippen LogP contribution >= 0.6 is 0 Å². The standard InChI is InChI=1S/C14H21N3/c1-13(2,3)9-7-8-10(14(4,5)6)12-11(9)15-17-16-12/h7-8H,1-6H3,(H,15,16,17). The number of hydrogen-bond donors (Lipinski definition) is 1. The summed E-state index contributed by atoms with van der Waals surface area (Å²) in [5.74, 6) is 0. The number of nitrogens with zero attached hydrogens (tertiary/aromatic N) is 2. The van der Waals surface area contributed by atoms with Gasteiger partial charge in [-0.1, -0.05) is 53.7 Å². The Morgan fingerprint density at radius 3 is 1.41 bits per heavy atom. The van der Waals surface area contributed by atoms with Gasteiger partial charge in [0.05, 0.1) is 0 Å². The molecule has 0 bridgehead atoms. The topological polar surface area (TPSA) is 41.6 Å². The Labute approximate surface area is 103 Å². The van der Waals surface area contributed by atoms with E-state index in [1.807, 2.05) is 0 Å². The van der Waals surface area contributed by atoms with Crippen LogP contribution in [0.25, 0.3) is 11.0 Å². The molecule has 3 heteroatoms. The van der Waals surface area contributed by atoms with Crippen molar-refractivity contribution in [3.05, 3.63) is 23.3 Å². The van der Waals surface area contributed by atoms with Crippen molar-refractivity contribution in [2.24, 2.45) is 0 Å². The van der Waals surface area contributed by atoms with Crippen LogP contribution in [-0.2, 0) is 10.8 Å². The van der Waals surface area contributed by atoms with Gasteiger partial charge < -0.3 is 0 Å². The number of aromatic nitrogens is 3. The van der Waals surface area contributed by atoms with Gasteiger partial charge >= 0.3 is 0 Å². The van der Waals surface area contributed by atoms with E-state index in [2.05, 4.69) is 69.1 Å². The molecule has 0 saturated carbocycles. The van der Waals surface area contributed by atoms with Crippen LogP contribution in [0, 0.1) is 0 Å². The summed E-state index contributed by atoms with van der Waals surface area (Å²) in [6.45, 7) is 13.2. The van der Waals surface area contributed by atoms with Crippen LogP contribution in [0.3, 0.4) is 0 Å². The molecule has 17 heavy (non-hydrogen) atoms. The van der Waals surface area contributed by atoms with Crippen molar-refractivity contribution < 1.29 is 0 Å². The maximum absolute atomic E-state index is 4.32. The minimum atomic E-state index is 0.0888. The van der Waals surface area contributed by atoms with Gasteiger partial charge in [-0.15, -0.1) is 0 Å². The average Bonchev–Trinajstić information content (AvgIpc) is 2.60. The van der Waals surface area contributed by atoms with Crippen LogP contribution in [0.2, 0.25) is 0 Å². The Hall–Kier alpha value is -1.38. The van der Waals surface area contributed by atoms with Crippen LogP contribution in [0.4, 0.5) is 0 Å². The molecule has 0 radical (unpaired) electrons. The second-order valence-electron chi connectivity index (χ2n) is 6.68. The molecule has 1 aromatic heterocycles. The Balaban J connectivity index is 2.76. The molecule has 0 aliphatic carbocycles. The largest absolute Gasteiger partial charge is 0.197 e. The summed E-state index contributed by atoms with van der Waals surface area (Å²) >= 11 is 0. The van der Waals surface area contributed by atoms with Crippen molar-refractivity contribution in [2.45, 2.75) is 52.4 Å². The summed E-state index contributed by atoms with van der Waals surface area (Å²) in [5.41, 5.74) is 4.68. The highest BCUT2D eigenvalue weighted by Crippen LogP contribution is 2.34. The lowest BCUT2D eigenvalue weighted by Gasteiger charge is -2.23. The molecule has 2 rings (SSSR count). The summed E-state index contributed by atoms with van der Waals surface area (Å²) in [6.07, 6.45) is 0. The Morgan fingerprint density at radius 2 is 1.12 bits per heavy atom. The van der Waals surface area contributed by atoms with Crippen molar-refractivity contribution in [2.75, 3.05) is 0 Å². The van der Waals surface area contributed by atoms with Crippen LogP contribution < -0.4 is 0 Å². The third-order valence-corrected chi connectivity index (χ3v) is 3.09. The van der Waals surface area contributed by atoms with Gasteiger partial charge in [0.25, 0.3) is 0 Å². The van der Waals surface area contributed by atoms with Gasteiger partial charge in [0.1, 0.15) is 11.0 Å². The van der Waals surface area contributed by atoms with Crippen LogP contribution in [-0.4, -0.2) is 15.4 Å². The zero-order valence-corrected chi connectivity index (χ0v) is 11.5. The Bertz CT molecular complexity index is 491. The highest BCUT2D eigenvalue weighted by atomic mass is 15.3. The molecule has 0 saturated heterocycles. The number of benzene rings is 1. The highest BCUT2D eigenvalue weighted by Gasteiger charge is 2.24. The van der Waals surface area contributed by atoms with Crippen molar-refractivity contribution in [1.29, 1.82) is 0 Å². The fraction of sp³-hybridized carbons (Fsp3) is 0.571. The zero-order chi connectivity index (χ0) is 12.8. The van der Waals surface area contributed by atoms with Crippen molar-refractivity contribution in [1.82, 2.24) is 15.4 Å². The van der Waals surface area contributed by atoms with Gasteiger partial charge in [0.15, 0.2) is 0 Å². The summed E-state index contributed by atoms with van der Waals surface area (Å²) in [5, 5.41) is 11.4. The molecular formula is C14H21N3. The lowest BCUT2D eigenvalue weighted by atomic mass is 9.81. The molecule has 92 valence electrons. The summed E-state index contributed by atoms with van der Waals surface area (Å²) in [6, 6.07) is 4.37. The Morgan fingerprint density at radius 1 is 0.765 bits per heavy atom. The van der Waals surface area contributed by atoms with Gasteiger partial charge in [-0.3, -0.25) is 0 Å². The van der Waals surface area contributed by atoms with Crippen molar-refractivity contribution in [3.8, 4) is 0 Å². The first-order valence-electron chi connectivity index (χ1n) is 6.06. The maximum Gasteiger partial charge on any atom is 0.116 e. The van der Waals surface area contributed by atoms with E-state index in [0.29, 0.717) is 0 Å². The van der Waals surface area contributed by atoms with Gasteiger partial charge in [0, 0.05) is 0 Å². The van der Waals surface area contributed by atoms with Crippen molar-refractivity contribution in [3.63, 3.8) is 0 Å². The van der Waals surface area contributed by atoms with E-state index in [9.17, 15) is 0 Å². The second kappa shape index (κ2) is 3.56. The minimum Gasteiger partial charge on any atom is -0.197 e. The number of hydrogen-bond acceptors (Lipinski definition) is 2. The SMILES string of the molecule is CC(C)(C)c1ccc(C(C)(C)C)c2n[nH]nc12. The fourth-order valence-corrected chi connectivity index (χ4v) is 2.14. The molecule has 0 aliphatic rings. The first kappa shape index (κ1) is 12.1. The van der Waals surface area contributed by atoms with Gasteiger partial charge in [-0.25, -0.2) is 0 Å². The predicted octanol–water partition coefficient (Wildman–Crippen LogP) is 3.55. The zero-order valence-electron chi connectivity index (χ0n) is 11.5. The van der Waals surface area contributed by atoms with Crippen LogP contribution in [0.5, 0.6) is 0 Å². The number of H-pyrrole nitrogens is 1. The normalized spacial score (nSPS) is 13.3. The number of rotatable bonds is 0. The lowest BCUT2D eigenvalue weighted by Crippen LogP contribution is -2.16. The molecule has 0 unspecified atom stereocenters. The number of aromatic amines is 1. The molecule has 1 N–H and O–H groups in total. The highest BCUT2D eigenvalue weighted by molar-refractivity contribution is 5.82. The first-order chi connectivity index (χ1) is 7.71. The second-order valence-corrected chi connectivity index (χ2v) is 6.68. The molecule has 1 aromatic carbocycles. The lowest BCUT2D eigenvalue weighted by molar-refractivity contribution is 0.584. The third kappa shape index (κ3) is 2.06. The van der Waals surface area contributed by atoms with Crippen LogP contribution in [0.1, 0.15) is 52.7 Å². The molecule has 3 nitrogen and oxygen atoms in total. The molecule has 0 atom stereocenters. The summed E-state index contributed by atoms with van der Waals surface area (Å²) in [7, 11) is 0. The summed E-state index contributed by atoms with van der Waals surface area (Å²) < 4.78 is 0. The molecule has 0 amide bonds. The van der Waals surface area contributed by atoms with Crippen LogP contribution in [0.15, 0.2) is 12.1 Å². The average molecular weight is 231 g/mol. The van der Waals surface area contributed by atoms with E-state index in [1.54, 1.807) is 0 Å². The molecule has 0 fully saturated rings. The molecule has 2 aromatic rings. The monoisotopic (exact) mass is 231 g/mol. The summed E-state index contributed by atoms with van der Waals surface area (Å²) in [4.78, 5) is 0. The van der Waals surface area contributed by atoms with Gasteiger partial charge in [0.2, 0.25) is 0 Å². The minimum absolute atomic E-state index is 0.0888. The number of nitrogens with one attached hydrogen (secondary N) is 1. The van der Waals surface area contributed by atoms with E-state index in [1.165, 1.54) is 11.1 Å². The molecule has 1 heterocycles. The molecule has 0 spiro atoms. The smallest absolute Gasteiger partial charge is 0.116 e. The fourth-order valence-electron chi connectivity index (χ4n) is 2.14. The molecule has 0 aliphatic heterocycles. The van der Waals surface area contributed by atoms with E-state index in [0.717, 1.165) is 11.0 Å². The van der Waals surface area contributed by atoms with E-state index in [4.69, 9.17) is 0 Å². The quantitative estimate of drug-likeness (QED) is 0.753. The van der Waals surface area contributed by atoms with E-state index >= 15 is 0 Å². The number of fused-ring (bicyclic) bond motifs is 1. The van der Waals surface area contributed by atoms with Gasteiger partial charge in [-0.05, 0) is 22.0 Å². The van der Waals surface area contributed by atoms with E-state index in [-0.39, 0.29) is 10.8 Å². The third-order valence-electron chi connectivity index (χ3n) is 3.09. The first-order valence-corrected chi connectivity index (χ1v) is 6.06. The van der Waals surface area contributed by atoms with Gasteiger partial charge in [-0.2, -0.15) is 15.4 Å². The molecular weight excluding hydrogens is 210 g/mol. The van der Waals surface area contributed by atoms with E-state index < -0.39 is 0 Å². The Kier molecular flexibility index (Phi) is 2.53. The van der Waals surface area contributed by atoms with Crippen molar-refractivity contribution >= 4 is 11.0 Å². The maximum atomic E-state index is 4.32.